The Bertz CT molecular complexity index is 742. The molecular formula is C24H29F5. The maximum absolute atomic E-state index is 14.1. The summed E-state index contributed by atoms with van der Waals surface area (Å²) >= 11 is 0. The van der Waals surface area contributed by atoms with E-state index in [0.29, 0.717) is 23.3 Å². The van der Waals surface area contributed by atoms with Crippen molar-refractivity contribution in [1.29, 1.82) is 0 Å². The zero-order chi connectivity index (χ0) is 20.8. The molecule has 0 saturated heterocycles. The molecule has 3 aliphatic carbocycles. The van der Waals surface area contributed by atoms with Gasteiger partial charge in [0.15, 0.2) is 0 Å². The molecule has 0 heterocycles. The number of allylic oxidation sites excluding steroid dienone is 2. The van der Waals surface area contributed by atoms with Gasteiger partial charge in [0.05, 0.1) is 0 Å². The molecule has 3 aliphatic rings. The predicted molar refractivity (Wildman–Crippen MR) is 103 cm³/mol. The fourth-order valence-electron chi connectivity index (χ4n) is 6.68. The summed E-state index contributed by atoms with van der Waals surface area (Å²) in [6.45, 7) is 2.08. The van der Waals surface area contributed by atoms with Gasteiger partial charge in [0.25, 0.3) is 0 Å². The largest absolute Gasteiger partial charge is 0.422 e. The van der Waals surface area contributed by atoms with E-state index in [0.717, 1.165) is 49.7 Å². The van der Waals surface area contributed by atoms with Crippen LogP contribution in [0.1, 0.15) is 75.3 Å². The number of hydrogen-bond donors (Lipinski definition) is 0. The van der Waals surface area contributed by atoms with Gasteiger partial charge >= 0.3 is 6.18 Å². The van der Waals surface area contributed by atoms with Crippen LogP contribution in [0, 0.1) is 41.2 Å². The van der Waals surface area contributed by atoms with Crippen molar-refractivity contribution in [3.05, 3.63) is 47.0 Å². The number of rotatable bonds is 2. The van der Waals surface area contributed by atoms with Crippen LogP contribution in [0.5, 0.6) is 0 Å². The second-order valence-corrected chi connectivity index (χ2v) is 9.39. The quantitative estimate of drug-likeness (QED) is 0.342. The number of hydrogen-bond acceptors (Lipinski definition) is 0. The van der Waals surface area contributed by atoms with Gasteiger partial charge in [0.2, 0.25) is 0 Å². The van der Waals surface area contributed by atoms with Gasteiger partial charge in [-0.05, 0) is 111 Å². The molecular weight excluding hydrogens is 383 g/mol. The van der Waals surface area contributed by atoms with Gasteiger partial charge < -0.3 is 0 Å². The average Bonchev–Trinajstić information content (AvgIpc) is 2.65. The Balaban J connectivity index is 1.47. The summed E-state index contributed by atoms with van der Waals surface area (Å²) in [5.74, 6) is 0.412. The molecule has 0 radical (unpaired) electrons. The number of halogens is 5. The molecule has 3 saturated carbocycles. The highest BCUT2D eigenvalue weighted by atomic mass is 19.4. The van der Waals surface area contributed by atoms with Crippen molar-refractivity contribution in [1.82, 2.24) is 0 Å². The third-order valence-corrected chi connectivity index (χ3v) is 7.87. The Kier molecular flexibility index (Phi) is 5.78. The molecule has 0 aromatic heterocycles. The molecule has 0 spiro atoms. The van der Waals surface area contributed by atoms with Crippen molar-refractivity contribution in [3.63, 3.8) is 0 Å². The molecule has 0 aliphatic heterocycles. The molecule has 6 unspecified atom stereocenters. The molecule has 0 bridgehead atoms. The summed E-state index contributed by atoms with van der Waals surface area (Å²) in [6.07, 6.45) is 8.29. The van der Waals surface area contributed by atoms with Crippen molar-refractivity contribution < 1.29 is 22.0 Å². The molecule has 6 atom stereocenters. The second kappa shape index (κ2) is 8.03. The van der Waals surface area contributed by atoms with E-state index in [1.807, 2.05) is 0 Å². The predicted octanol–water partition coefficient (Wildman–Crippen LogP) is 7.89. The summed E-state index contributed by atoms with van der Waals surface area (Å²) in [5, 5.41) is 0. The summed E-state index contributed by atoms with van der Waals surface area (Å²) < 4.78 is 66.7. The van der Waals surface area contributed by atoms with Crippen molar-refractivity contribution >= 4 is 0 Å². The van der Waals surface area contributed by atoms with Gasteiger partial charge in [0, 0.05) is 0 Å². The Morgan fingerprint density at radius 1 is 0.828 bits per heavy atom. The lowest BCUT2D eigenvalue weighted by atomic mass is 9.55. The van der Waals surface area contributed by atoms with Crippen molar-refractivity contribution in [2.75, 3.05) is 0 Å². The zero-order valence-electron chi connectivity index (χ0n) is 16.8. The normalized spacial score (nSPS) is 35.4. The van der Waals surface area contributed by atoms with Crippen LogP contribution in [-0.4, -0.2) is 0 Å². The van der Waals surface area contributed by atoms with Crippen LogP contribution in [0.4, 0.5) is 22.0 Å². The molecule has 0 nitrogen and oxygen atoms in total. The van der Waals surface area contributed by atoms with E-state index in [1.54, 1.807) is 0 Å². The standard InChI is InChI=1S/C24H29F5/c1-2-3-14-4-8-19-16(10-14)5-6-17-11-15(7-9-20(17)19)18-12-21(25)23(22(26)13-18)24(27,28)29/h2-3,12-17,19-20H,4-11H2,1H3. The van der Waals surface area contributed by atoms with E-state index in [1.165, 1.54) is 25.7 Å². The van der Waals surface area contributed by atoms with Gasteiger partial charge in [0.1, 0.15) is 17.2 Å². The number of fused-ring (bicyclic) bond motifs is 3. The lowest BCUT2D eigenvalue weighted by molar-refractivity contribution is -0.142. The fraction of sp³-hybridized carbons (Fsp3) is 0.667. The first kappa shape index (κ1) is 20.9. The van der Waals surface area contributed by atoms with Crippen LogP contribution in [0.25, 0.3) is 0 Å². The van der Waals surface area contributed by atoms with Crippen LogP contribution < -0.4 is 0 Å². The van der Waals surface area contributed by atoms with Gasteiger partial charge in [-0.2, -0.15) is 13.2 Å². The van der Waals surface area contributed by atoms with E-state index in [-0.39, 0.29) is 5.92 Å². The first-order chi connectivity index (χ1) is 13.8. The third kappa shape index (κ3) is 4.11. The lowest BCUT2D eigenvalue weighted by Gasteiger charge is -2.50. The Morgan fingerprint density at radius 2 is 1.41 bits per heavy atom. The maximum atomic E-state index is 14.1. The van der Waals surface area contributed by atoms with Gasteiger partial charge in [-0.3, -0.25) is 0 Å². The highest BCUT2D eigenvalue weighted by Crippen LogP contribution is 2.55. The molecule has 1 aromatic rings. The van der Waals surface area contributed by atoms with E-state index in [4.69, 9.17) is 0 Å². The van der Waals surface area contributed by atoms with E-state index >= 15 is 0 Å². The molecule has 3 fully saturated rings. The topological polar surface area (TPSA) is 0 Å². The van der Waals surface area contributed by atoms with Crippen LogP contribution in [0.3, 0.4) is 0 Å². The van der Waals surface area contributed by atoms with Crippen molar-refractivity contribution in [2.45, 2.75) is 70.4 Å². The first-order valence-corrected chi connectivity index (χ1v) is 11.0. The Morgan fingerprint density at radius 3 is 2.00 bits per heavy atom. The molecule has 0 amide bonds. The van der Waals surface area contributed by atoms with Crippen LogP contribution in [0.15, 0.2) is 24.3 Å². The summed E-state index contributed by atoms with van der Waals surface area (Å²) in [5.41, 5.74) is -1.38. The molecule has 1 aromatic carbocycles. The second-order valence-electron chi connectivity index (χ2n) is 9.39. The summed E-state index contributed by atoms with van der Waals surface area (Å²) in [4.78, 5) is 0. The molecule has 4 rings (SSSR count). The minimum absolute atomic E-state index is 0.0431. The minimum atomic E-state index is -5.01. The minimum Gasteiger partial charge on any atom is -0.206 e. The zero-order valence-corrected chi connectivity index (χ0v) is 16.8. The van der Waals surface area contributed by atoms with Gasteiger partial charge in [-0.25, -0.2) is 8.78 Å². The molecule has 160 valence electrons. The maximum Gasteiger partial charge on any atom is 0.422 e. The number of benzene rings is 1. The van der Waals surface area contributed by atoms with E-state index < -0.39 is 23.4 Å². The van der Waals surface area contributed by atoms with Crippen molar-refractivity contribution in [2.24, 2.45) is 29.6 Å². The summed E-state index contributed by atoms with van der Waals surface area (Å²) in [6, 6.07) is 1.84. The van der Waals surface area contributed by atoms with Crippen LogP contribution >= 0.6 is 0 Å². The third-order valence-electron chi connectivity index (χ3n) is 7.87. The highest BCUT2D eigenvalue weighted by molar-refractivity contribution is 5.31. The Labute approximate surface area is 169 Å². The molecule has 5 heteroatoms. The number of alkyl halides is 3. The lowest BCUT2D eigenvalue weighted by Crippen LogP contribution is -2.41. The highest BCUT2D eigenvalue weighted by Gasteiger charge is 2.45. The van der Waals surface area contributed by atoms with Crippen LogP contribution in [0.2, 0.25) is 0 Å². The molecule has 29 heavy (non-hydrogen) atoms. The fourth-order valence-corrected chi connectivity index (χ4v) is 6.68. The molecule has 0 N–H and O–H groups in total. The van der Waals surface area contributed by atoms with Gasteiger partial charge in [-0.1, -0.05) is 12.2 Å². The van der Waals surface area contributed by atoms with Gasteiger partial charge in [-0.15, -0.1) is 0 Å². The summed E-state index contributed by atoms with van der Waals surface area (Å²) in [7, 11) is 0. The van der Waals surface area contributed by atoms with Crippen LogP contribution in [-0.2, 0) is 6.18 Å². The Hall–Kier alpha value is -1.39. The van der Waals surface area contributed by atoms with E-state index in [2.05, 4.69) is 19.1 Å². The van der Waals surface area contributed by atoms with Crippen molar-refractivity contribution in [3.8, 4) is 0 Å². The SMILES string of the molecule is CC=CC1CCC2C(CCC3CC(c4cc(F)c(C(F)(F)F)c(F)c4)CCC32)C1. The monoisotopic (exact) mass is 412 g/mol. The average molecular weight is 412 g/mol. The first-order valence-electron chi connectivity index (χ1n) is 11.0. The van der Waals surface area contributed by atoms with E-state index in [9.17, 15) is 22.0 Å². The smallest absolute Gasteiger partial charge is 0.206 e.